The van der Waals surface area contributed by atoms with E-state index in [0.29, 0.717) is 5.92 Å². The minimum Gasteiger partial charge on any atom is -0.459 e. The number of fused-ring (bicyclic) bond motifs is 2. The van der Waals surface area contributed by atoms with Gasteiger partial charge in [0.1, 0.15) is 6.10 Å². The zero-order chi connectivity index (χ0) is 10.8. The molecule has 0 aliphatic heterocycles. The Hall–Kier alpha value is -0.790. The van der Waals surface area contributed by atoms with Crippen LogP contribution in [0.15, 0.2) is 11.6 Å². The number of rotatable bonds is 3. The van der Waals surface area contributed by atoms with E-state index < -0.39 is 0 Å². The average molecular weight is 208 g/mol. The lowest BCUT2D eigenvalue weighted by atomic mass is 9.98. The molecule has 2 heteroatoms. The number of hydrogen-bond acceptors (Lipinski definition) is 2. The molecule has 0 aromatic rings. The Morgan fingerprint density at radius 1 is 1.40 bits per heavy atom. The molecule has 0 heterocycles. The maximum atomic E-state index is 11.7. The second kappa shape index (κ2) is 4.38. The van der Waals surface area contributed by atoms with Gasteiger partial charge in [-0.3, -0.25) is 0 Å². The highest BCUT2D eigenvalue weighted by Gasteiger charge is 2.41. The van der Waals surface area contributed by atoms with Gasteiger partial charge in [-0.15, -0.1) is 0 Å². The van der Waals surface area contributed by atoms with E-state index in [0.717, 1.165) is 24.3 Å². The van der Waals surface area contributed by atoms with Gasteiger partial charge in [-0.2, -0.15) is 0 Å². The third-order valence-electron chi connectivity index (χ3n) is 3.76. The van der Waals surface area contributed by atoms with Crippen molar-refractivity contribution in [3.05, 3.63) is 11.6 Å². The van der Waals surface area contributed by atoms with Crippen molar-refractivity contribution in [2.75, 3.05) is 0 Å². The first kappa shape index (κ1) is 10.7. The van der Waals surface area contributed by atoms with Crippen molar-refractivity contribution in [2.45, 2.75) is 52.1 Å². The molecule has 3 atom stereocenters. The summed E-state index contributed by atoms with van der Waals surface area (Å²) in [5.74, 6) is 1.39. The molecule has 0 aromatic heterocycles. The molecule has 2 aliphatic rings. The highest BCUT2D eigenvalue weighted by molar-refractivity contribution is 5.87. The number of allylic oxidation sites excluding steroid dienone is 1. The quantitative estimate of drug-likeness (QED) is 0.526. The van der Waals surface area contributed by atoms with E-state index in [4.69, 9.17) is 4.74 Å². The van der Waals surface area contributed by atoms with Crippen molar-refractivity contribution < 1.29 is 9.53 Å². The van der Waals surface area contributed by atoms with E-state index >= 15 is 0 Å². The molecular formula is C13H20O2. The van der Waals surface area contributed by atoms with Crippen molar-refractivity contribution >= 4 is 5.97 Å². The maximum Gasteiger partial charge on any atom is 0.333 e. The molecule has 0 spiro atoms. The molecule has 0 saturated heterocycles. The van der Waals surface area contributed by atoms with Crippen LogP contribution in [0.3, 0.4) is 0 Å². The largest absolute Gasteiger partial charge is 0.459 e. The van der Waals surface area contributed by atoms with Gasteiger partial charge in [0.05, 0.1) is 0 Å². The summed E-state index contributed by atoms with van der Waals surface area (Å²) in [6.45, 7) is 3.88. The fourth-order valence-electron chi connectivity index (χ4n) is 2.95. The summed E-state index contributed by atoms with van der Waals surface area (Å²) in [5, 5.41) is 0. The molecule has 2 aliphatic carbocycles. The molecule has 0 radical (unpaired) electrons. The highest BCUT2D eigenvalue weighted by Crippen LogP contribution is 2.45. The van der Waals surface area contributed by atoms with Crippen LogP contribution in [0.4, 0.5) is 0 Å². The lowest BCUT2D eigenvalue weighted by molar-refractivity contribution is -0.146. The second-order valence-electron chi connectivity index (χ2n) is 4.91. The number of carbonyl (C=O) groups excluding carboxylic acids is 1. The molecule has 2 fully saturated rings. The molecular weight excluding hydrogens is 188 g/mol. The Morgan fingerprint density at radius 2 is 2.20 bits per heavy atom. The zero-order valence-electron chi connectivity index (χ0n) is 9.66. The number of ether oxygens (including phenoxy) is 1. The first-order valence-electron chi connectivity index (χ1n) is 6.08. The molecule has 0 amide bonds. The first-order valence-corrected chi connectivity index (χ1v) is 6.08. The van der Waals surface area contributed by atoms with Gasteiger partial charge in [-0.05, 0) is 50.9 Å². The van der Waals surface area contributed by atoms with Crippen molar-refractivity contribution in [1.29, 1.82) is 0 Å². The standard InChI is InChI=1S/C13H20O2/c1-3-4-9(2)13(14)15-12-8-10-5-6-11(12)7-10/h4,10-12H,3,5-8H2,1-2H3/b9-4+. The molecule has 2 rings (SSSR count). The van der Waals surface area contributed by atoms with E-state index in [2.05, 4.69) is 0 Å². The van der Waals surface area contributed by atoms with Crippen LogP contribution < -0.4 is 0 Å². The van der Waals surface area contributed by atoms with Crippen molar-refractivity contribution in [3.8, 4) is 0 Å². The SMILES string of the molecule is CC/C=C(\C)C(=O)OC1CC2CCC1C2. The topological polar surface area (TPSA) is 26.3 Å². The Bertz CT molecular complexity index is 280. The summed E-state index contributed by atoms with van der Waals surface area (Å²) in [7, 11) is 0. The van der Waals surface area contributed by atoms with E-state index in [1.54, 1.807) is 0 Å². The number of hydrogen-bond donors (Lipinski definition) is 0. The van der Waals surface area contributed by atoms with Crippen LogP contribution >= 0.6 is 0 Å². The van der Waals surface area contributed by atoms with Gasteiger partial charge < -0.3 is 4.74 Å². The monoisotopic (exact) mass is 208 g/mol. The predicted octanol–water partition coefficient (Wildman–Crippen LogP) is 3.07. The van der Waals surface area contributed by atoms with Crippen molar-refractivity contribution in [2.24, 2.45) is 11.8 Å². The van der Waals surface area contributed by atoms with Gasteiger partial charge in [0, 0.05) is 5.57 Å². The fourth-order valence-corrected chi connectivity index (χ4v) is 2.95. The van der Waals surface area contributed by atoms with E-state index in [-0.39, 0.29) is 12.1 Å². The lowest BCUT2D eigenvalue weighted by Crippen LogP contribution is -2.24. The van der Waals surface area contributed by atoms with E-state index in [1.165, 1.54) is 19.3 Å². The van der Waals surface area contributed by atoms with Gasteiger partial charge in [-0.1, -0.05) is 13.0 Å². The van der Waals surface area contributed by atoms with Crippen LogP contribution in [0.1, 0.15) is 46.0 Å². The Kier molecular flexibility index (Phi) is 3.13. The third-order valence-corrected chi connectivity index (χ3v) is 3.76. The molecule has 15 heavy (non-hydrogen) atoms. The first-order chi connectivity index (χ1) is 7.20. The fraction of sp³-hybridized carbons (Fsp3) is 0.769. The number of carbonyl (C=O) groups is 1. The van der Waals surface area contributed by atoms with Crippen LogP contribution in [-0.4, -0.2) is 12.1 Å². The smallest absolute Gasteiger partial charge is 0.333 e. The van der Waals surface area contributed by atoms with E-state index in [1.807, 2.05) is 19.9 Å². The van der Waals surface area contributed by atoms with Crippen LogP contribution in [0.5, 0.6) is 0 Å². The molecule has 2 saturated carbocycles. The summed E-state index contributed by atoms with van der Waals surface area (Å²) in [6.07, 6.45) is 8.07. The van der Waals surface area contributed by atoms with Gasteiger partial charge in [0.25, 0.3) is 0 Å². The Balaban J connectivity index is 1.87. The van der Waals surface area contributed by atoms with Gasteiger partial charge in [0.2, 0.25) is 0 Å². The lowest BCUT2D eigenvalue weighted by Gasteiger charge is -2.21. The van der Waals surface area contributed by atoms with Crippen LogP contribution in [0, 0.1) is 11.8 Å². The van der Waals surface area contributed by atoms with Gasteiger partial charge >= 0.3 is 5.97 Å². The zero-order valence-corrected chi connectivity index (χ0v) is 9.66. The summed E-state index contributed by atoms with van der Waals surface area (Å²) in [4.78, 5) is 11.7. The normalized spacial score (nSPS) is 34.5. The van der Waals surface area contributed by atoms with Crippen LogP contribution in [0.2, 0.25) is 0 Å². The van der Waals surface area contributed by atoms with Gasteiger partial charge in [-0.25, -0.2) is 4.79 Å². The van der Waals surface area contributed by atoms with Gasteiger partial charge in [0.15, 0.2) is 0 Å². The van der Waals surface area contributed by atoms with Crippen molar-refractivity contribution in [3.63, 3.8) is 0 Å². The Morgan fingerprint density at radius 3 is 2.73 bits per heavy atom. The van der Waals surface area contributed by atoms with Crippen LogP contribution in [-0.2, 0) is 9.53 Å². The molecule has 84 valence electrons. The molecule has 2 nitrogen and oxygen atoms in total. The summed E-state index contributed by atoms with van der Waals surface area (Å²) in [6, 6.07) is 0. The van der Waals surface area contributed by atoms with Crippen LogP contribution in [0.25, 0.3) is 0 Å². The highest BCUT2D eigenvalue weighted by atomic mass is 16.5. The molecule has 0 aromatic carbocycles. The summed E-state index contributed by atoms with van der Waals surface area (Å²) in [5.41, 5.74) is 0.764. The molecule has 0 N–H and O–H groups in total. The minimum atomic E-state index is -0.102. The maximum absolute atomic E-state index is 11.7. The summed E-state index contributed by atoms with van der Waals surface area (Å²) < 4.78 is 5.55. The van der Waals surface area contributed by atoms with Crippen molar-refractivity contribution in [1.82, 2.24) is 0 Å². The number of esters is 1. The van der Waals surface area contributed by atoms with E-state index in [9.17, 15) is 4.79 Å². The average Bonchev–Trinajstić information content (AvgIpc) is 2.79. The Labute approximate surface area is 91.7 Å². The predicted molar refractivity (Wildman–Crippen MR) is 59.4 cm³/mol. The molecule has 2 bridgehead atoms. The second-order valence-corrected chi connectivity index (χ2v) is 4.91. The summed E-state index contributed by atoms with van der Waals surface area (Å²) >= 11 is 0. The minimum absolute atomic E-state index is 0.102. The third kappa shape index (κ3) is 2.24. The molecule has 3 unspecified atom stereocenters.